The molecular formula is C18H30N4. The molecule has 0 radical (unpaired) electrons. The molecule has 0 amide bonds. The number of aromatic nitrogens is 1. The Kier molecular flexibility index (Phi) is 5.32. The van der Waals surface area contributed by atoms with Crippen LogP contribution >= 0.6 is 0 Å². The summed E-state index contributed by atoms with van der Waals surface area (Å²) in [6.45, 7) is 6.53. The first-order valence-electron chi connectivity index (χ1n) is 8.87. The van der Waals surface area contributed by atoms with Crippen LogP contribution in [0.2, 0.25) is 0 Å². The van der Waals surface area contributed by atoms with Crippen LogP contribution in [0.1, 0.15) is 44.1 Å². The molecule has 22 heavy (non-hydrogen) atoms. The summed E-state index contributed by atoms with van der Waals surface area (Å²) in [6.07, 6.45) is 10.2. The highest BCUT2D eigenvalue weighted by atomic mass is 15.0. The lowest BCUT2D eigenvalue weighted by molar-refractivity contribution is 0.116. The lowest BCUT2D eigenvalue weighted by atomic mass is 9.67. The van der Waals surface area contributed by atoms with Gasteiger partial charge in [0.25, 0.3) is 0 Å². The van der Waals surface area contributed by atoms with E-state index in [1.54, 1.807) is 0 Å². The summed E-state index contributed by atoms with van der Waals surface area (Å²) in [6, 6.07) is 4.80. The van der Waals surface area contributed by atoms with Gasteiger partial charge in [-0.25, -0.2) is 4.98 Å². The van der Waals surface area contributed by atoms with Gasteiger partial charge in [0.2, 0.25) is 0 Å². The van der Waals surface area contributed by atoms with E-state index in [1.165, 1.54) is 57.2 Å². The summed E-state index contributed by atoms with van der Waals surface area (Å²) < 4.78 is 0. The van der Waals surface area contributed by atoms with Gasteiger partial charge in [-0.15, -0.1) is 0 Å². The Bertz CT molecular complexity index is 458. The zero-order chi connectivity index (χ0) is 15.3. The third kappa shape index (κ3) is 3.99. The minimum atomic E-state index is 0.673. The fourth-order valence-electron chi connectivity index (χ4n) is 4.02. The molecule has 1 aromatic rings. The molecule has 2 heterocycles. The zero-order valence-electron chi connectivity index (χ0n) is 13.8. The third-order valence-electron chi connectivity index (χ3n) is 5.57. The summed E-state index contributed by atoms with van der Waals surface area (Å²) >= 11 is 0. The molecule has 122 valence electrons. The summed E-state index contributed by atoms with van der Waals surface area (Å²) in [5.74, 6) is 1.02. The Morgan fingerprint density at radius 3 is 2.68 bits per heavy atom. The van der Waals surface area contributed by atoms with Crippen molar-refractivity contribution in [3.05, 3.63) is 23.9 Å². The monoisotopic (exact) mass is 302 g/mol. The molecule has 2 fully saturated rings. The maximum atomic E-state index is 4.37. The van der Waals surface area contributed by atoms with E-state index < -0.39 is 0 Å². The first kappa shape index (κ1) is 15.8. The summed E-state index contributed by atoms with van der Waals surface area (Å²) in [7, 11) is 0. The van der Waals surface area contributed by atoms with E-state index >= 15 is 0 Å². The maximum Gasteiger partial charge on any atom is 0.128 e. The summed E-state index contributed by atoms with van der Waals surface area (Å²) in [5.41, 5.74) is 1.89. The van der Waals surface area contributed by atoms with Crippen LogP contribution in [0.5, 0.6) is 0 Å². The average Bonchev–Trinajstić information content (AvgIpc) is 2.56. The van der Waals surface area contributed by atoms with Gasteiger partial charge >= 0.3 is 0 Å². The molecule has 3 N–H and O–H groups in total. The molecule has 0 bridgehead atoms. The van der Waals surface area contributed by atoms with Crippen LogP contribution < -0.4 is 16.0 Å². The zero-order valence-corrected chi connectivity index (χ0v) is 13.8. The van der Waals surface area contributed by atoms with E-state index in [4.69, 9.17) is 0 Å². The Morgan fingerprint density at radius 1 is 1.18 bits per heavy atom. The molecule has 4 heteroatoms. The summed E-state index contributed by atoms with van der Waals surface area (Å²) in [4.78, 5) is 4.37. The minimum absolute atomic E-state index is 0.673. The largest absolute Gasteiger partial charge is 0.369 e. The standard InChI is InChI=1S/C18H30N4/c1-15-3-2-10-21-17(15)22-14-13-20-16-4-6-18(7-5-16)8-11-19-12-9-18/h2-3,10,16,19-20H,4-9,11-14H2,1H3,(H,21,22). The molecule has 1 spiro atoms. The van der Waals surface area contributed by atoms with E-state index in [9.17, 15) is 0 Å². The van der Waals surface area contributed by atoms with E-state index in [-0.39, 0.29) is 0 Å². The second-order valence-corrected chi connectivity index (χ2v) is 7.07. The number of piperidine rings is 1. The highest BCUT2D eigenvalue weighted by molar-refractivity contribution is 5.42. The van der Waals surface area contributed by atoms with E-state index in [1.807, 2.05) is 12.3 Å². The predicted octanol–water partition coefficient (Wildman–Crippen LogP) is 2.70. The fraction of sp³-hybridized carbons (Fsp3) is 0.722. The number of hydrogen-bond donors (Lipinski definition) is 3. The van der Waals surface area contributed by atoms with Gasteiger partial charge in [0.05, 0.1) is 0 Å². The highest BCUT2D eigenvalue weighted by Gasteiger charge is 2.35. The highest BCUT2D eigenvalue weighted by Crippen LogP contribution is 2.43. The molecule has 1 aliphatic heterocycles. The van der Waals surface area contributed by atoms with Crippen molar-refractivity contribution in [2.24, 2.45) is 5.41 Å². The molecule has 0 atom stereocenters. The number of nitrogens with zero attached hydrogens (tertiary/aromatic N) is 1. The first-order chi connectivity index (χ1) is 10.8. The molecule has 0 unspecified atom stereocenters. The average molecular weight is 302 g/mol. The number of rotatable bonds is 5. The number of nitrogens with one attached hydrogen (secondary N) is 3. The van der Waals surface area contributed by atoms with E-state index in [0.29, 0.717) is 11.5 Å². The summed E-state index contributed by atoms with van der Waals surface area (Å²) in [5, 5.41) is 10.7. The van der Waals surface area contributed by atoms with Crippen molar-refractivity contribution < 1.29 is 0 Å². The van der Waals surface area contributed by atoms with Crippen molar-refractivity contribution in [2.45, 2.75) is 51.5 Å². The van der Waals surface area contributed by atoms with Crippen LogP contribution in [0.25, 0.3) is 0 Å². The molecule has 3 rings (SSSR count). The Balaban J connectivity index is 1.34. The van der Waals surface area contributed by atoms with Crippen LogP contribution in [0.4, 0.5) is 5.82 Å². The smallest absolute Gasteiger partial charge is 0.128 e. The Labute approximate surface area is 134 Å². The first-order valence-corrected chi connectivity index (χ1v) is 8.87. The van der Waals surface area contributed by atoms with Crippen LogP contribution in [0.15, 0.2) is 18.3 Å². The van der Waals surface area contributed by atoms with Crippen molar-refractivity contribution >= 4 is 5.82 Å². The quantitative estimate of drug-likeness (QED) is 0.732. The lowest BCUT2D eigenvalue weighted by Gasteiger charge is -2.43. The van der Waals surface area contributed by atoms with Crippen LogP contribution in [-0.2, 0) is 0 Å². The van der Waals surface area contributed by atoms with Gasteiger partial charge < -0.3 is 16.0 Å². The molecule has 1 aromatic heterocycles. The normalized spacial score (nSPS) is 21.9. The SMILES string of the molecule is Cc1cccnc1NCCNC1CCC2(CCNCC2)CC1. The molecule has 0 aromatic carbocycles. The van der Waals surface area contributed by atoms with Crippen LogP contribution in [0, 0.1) is 12.3 Å². The topological polar surface area (TPSA) is 49.0 Å². The van der Waals surface area contributed by atoms with Gasteiger partial charge in [0.15, 0.2) is 0 Å². The second-order valence-electron chi connectivity index (χ2n) is 7.07. The molecule has 1 saturated heterocycles. The van der Waals surface area contributed by atoms with Gasteiger partial charge in [-0.1, -0.05) is 6.07 Å². The number of pyridine rings is 1. The van der Waals surface area contributed by atoms with Crippen molar-refractivity contribution in [2.75, 3.05) is 31.5 Å². The van der Waals surface area contributed by atoms with Crippen molar-refractivity contribution in [3.8, 4) is 0 Å². The minimum Gasteiger partial charge on any atom is -0.369 e. The number of aryl methyl sites for hydroxylation is 1. The third-order valence-corrected chi connectivity index (χ3v) is 5.57. The lowest BCUT2D eigenvalue weighted by Crippen LogP contribution is -2.43. The van der Waals surface area contributed by atoms with E-state index in [2.05, 4.69) is 33.9 Å². The van der Waals surface area contributed by atoms with Gasteiger partial charge in [0, 0.05) is 25.3 Å². The fourth-order valence-corrected chi connectivity index (χ4v) is 4.02. The van der Waals surface area contributed by atoms with Crippen LogP contribution in [0.3, 0.4) is 0 Å². The molecule has 1 aliphatic carbocycles. The van der Waals surface area contributed by atoms with Gasteiger partial charge in [-0.2, -0.15) is 0 Å². The van der Waals surface area contributed by atoms with Gasteiger partial charge in [-0.3, -0.25) is 0 Å². The van der Waals surface area contributed by atoms with Crippen molar-refractivity contribution in [1.82, 2.24) is 15.6 Å². The molecule has 2 aliphatic rings. The van der Waals surface area contributed by atoms with Gasteiger partial charge in [0.1, 0.15) is 5.82 Å². The van der Waals surface area contributed by atoms with Crippen LogP contribution in [-0.4, -0.2) is 37.2 Å². The van der Waals surface area contributed by atoms with Gasteiger partial charge in [-0.05, 0) is 75.6 Å². The second kappa shape index (κ2) is 7.42. The van der Waals surface area contributed by atoms with Crippen molar-refractivity contribution in [3.63, 3.8) is 0 Å². The molecule has 1 saturated carbocycles. The maximum absolute atomic E-state index is 4.37. The molecular weight excluding hydrogens is 272 g/mol. The molecule has 4 nitrogen and oxygen atoms in total. The van der Waals surface area contributed by atoms with Crippen molar-refractivity contribution in [1.29, 1.82) is 0 Å². The van der Waals surface area contributed by atoms with E-state index in [0.717, 1.165) is 18.9 Å². The predicted molar refractivity (Wildman–Crippen MR) is 92.3 cm³/mol. The number of anilines is 1. The number of hydrogen-bond acceptors (Lipinski definition) is 4. The Morgan fingerprint density at radius 2 is 1.95 bits per heavy atom. The Hall–Kier alpha value is -1.13.